The molecule has 19 heavy (non-hydrogen) atoms. The SMILES string of the molecule is CC.CC(C)OCC1(CN2CCC(C#N)CC2)CC1. The van der Waals surface area contributed by atoms with Crippen LogP contribution in [0.4, 0.5) is 0 Å². The summed E-state index contributed by atoms with van der Waals surface area (Å²) in [5, 5.41) is 8.88. The first-order valence-corrected chi connectivity index (χ1v) is 7.87. The molecule has 0 unspecified atom stereocenters. The summed E-state index contributed by atoms with van der Waals surface area (Å²) in [5.74, 6) is 0.299. The zero-order chi connectivity index (χ0) is 14.3. The van der Waals surface area contributed by atoms with Crippen LogP contribution in [0.15, 0.2) is 0 Å². The third-order valence-corrected chi connectivity index (χ3v) is 4.01. The number of hydrogen-bond donors (Lipinski definition) is 0. The highest BCUT2D eigenvalue weighted by Gasteiger charge is 2.44. The minimum Gasteiger partial charge on any atom is -0.378 e. The molecule has 3 nitrogen and oxygen atoms in total. The predicted octanol–water partition coefficient (Wildman–Crippen LogP) is 3.45. The molecule has 2 fully saturated rings. The molecule has 0 amide bonds. The predicted molar refractivity (Wildman–Crippen MR) is 78.9 cm³/mol. The van der Waals surface area contributed by atoms with Crippen molar-refractivity contribution in [2.45, 2.75) is 59.5 Å². The summed E-state index contributed by atoms with van der Waals surface area (Å²) < 4.78 is 5.77. The fourth-order valence-corrected chi connectivity index (χ4v) is 2.56. The maximum absolute atomic E-state index is 8.88. The Bertz CT molecular complexity index is 284. The molecular weight excluding hydrogens is 236 g/mol. The second kappa shape index (κ2) is 7.87. The van der Waals surface area contributed by atoms with Crippen LogP contribution in [-0.4, -0.2) is 37.2 Å². The van der Waals surface area contributed by atoms with Crippen molar-refractivity contribution in [1.29, 1.82) is 5.26 Å². The van der Waals surface area contributed by atoms with Crippen molar-refractivity contribution in [2.75, 3.05) is 26.2 Å². The first-order valence-electron chi connectivity index (χ1n) is 7.87. The Hall–Kier alpha value is -0.590. The highest BCUT2D eigenvalue weighted by atomic mass is 16.5. The van der Waals surface area contributed by atoms with E-state index in [0.29, 0.717) is 17.4 Å². The van der Waals surface area contributed by atoms with Crippen molar-refractivity contribution in [3.05, 3.63) is 0 Å². The molecule has 2 aliphatic rings. The highest BCUT2D eigenvalue weighted by molar-refractivity contribution is 4.97. The number of nitrogens with zero attached hydrogens (tertiary/aromatic N) is 2. The van der Waals surface area contributed by atoms with Crippen LogP contribution in [0.1, 0.15) is 53.4 Å². The van der Waals surface area contributed by atoms with Gasteiger partial charge in [-0.15, -0.1) is 0 Å². The summed E-state index contributed by atoms with van der Waals surface area (Å²) in [7, 11) is 0. The van der Waals surface area contributed by atoms with Crippen LogP contribution in [0.3, 0.4) is 0 Å². The molecule has 0 radical (unpaired) electrons. The quantitative estimate of drug-likeness (QED) is 0.764. The van der Waals surface area contributed by atoms with Gasteiger partial charge >= 0.3 is 0 Å². The second-order valence-electron chi connectivity index (χ2n) is 6.04. The van der Waals surface area contributed by atoms with Crippen molar-refractivity contribution < 1.29 is 4.74 Å². The zero-order valence-corrected chi connectivity index (χ0v) is 13.1. The van der Waals surface area contributed by atoms with Gasteiger partial charge in [-0.3, -0.25) is 0 Å². The van der Waals surface area contributed by atoms with E-state index in [1.165, 1.54) is 19.4 Å². The Morgan fingerprint density at radius 1 is 1.26 bits per heavy atom. The number of hydrogen-bond acceptors (Lipinski definition) is 3. The van der Waals surface area contributed by atoms with E-state index < -0.39 is 0 Å². The minimum atomic E-state index is 0.299. The molecule has 3 heteroatoms. The van der Waals surface area contributed by atoms with Gasteiger partial charge in [0.15, 0.2) is 0 Å². The first-order chi connectivity index (χ1) is 9.13. The van der Waals surface area contributed by atoms with Crippen LogP contribution in [-0.2, 0) is 4.74 Å². The molecule has 1 aliphatic carbocycles. The Morgan fingerprint density at radius 3 is 2.26 bits per heavy atom. The lowest BCUT2D eigenvalue weighted by Crippen LogP contribution is -2.39. The van der Waals surface area contributed by atoms with Gasteiger partial charge < -0.3 is 9.64 Å². The van der Waals surface area contributed by atoms with E-state index in [1.807, 2.05) is 13.8 Å². The zero-order valence-electron chi connectivity index (χ0n) is 13.1. The smallest absolute Gasteiger partial charge is 0.0656 e. The van der Waals surface area contributed by atoms with Crippen LogP contribution in [0.5, 0.6) is 0 Å². The Labute approximate surface area is 118 Å². The van der Waals surface area contributed by atoms with Gasteiger partial charge in [0.25, 0.3) is 0 Å². The van der Waals surface area contributed by atoms with Crippen LogP contribution < -0.4 is 0 Å². The molecule has 1 heterocycles. The third-order valence-electron chi connectivity index (χ3n) is 4.01. The van der Waals surface area contributed by atoms with Crippen molar-refractivity contribution in [2.24, 2.45) is 11.3 Å². The van der Waals surface area contributed by atoms with Crippen molar-refractivity contribution in [1.82, 2.24) is 4.90 Å². The topological polar surface area (TPSA) is 36.3 Å². The van der Waals surface area contributed by atoms with E-state index in [0.717, 1.165) is 32.5 Å². The Kier molecular flexibility index (Phi) is 6.82. The number of rotatable bonds is 5. The molecule has 1 aliphatic heterocycles. The van der Waals surface area contributed by atoms with Gasteiger partial charge in [0.05, 0.1) is 18.8 Å². The van der Waals surface area contributed by atoms with Crippen molar-refractivity contribution in [3.63, 3.8) is 0 Å². The summed E-state index contributed by atoms with van der Waals surface area (Å²) >= 11 is 0. The average Bonchev–Trinajstić information content (AvgIpc) is 3.20. The minimum absolute atomic E-state index is 0.299. The highest BCUT2D eigenvalue weighted by Crippen LogP contribution is 2.47. The first kappa shape index (κ1) is 16.5. The largest absolute Gasteiger partial charge is 0.378 e. The van der Waals surface area contributed by atoms with Crippen LogP contribution in [0, 0.1) is 22.7 Å². The van der Waals surface area contributed by atoms with Crippen LogP contribution >= 0.6 is 0 Å². The summed E-state index contributed by atoms with van der Waals surface area (Å²) in [6.45, 7) is 12.5. The molecule has 0 bridgehead atoms. The van der Waals surface area contributed by atoms with Gasteiger partial charge in [-0.25, -0.2) is 0 Å². The number of ether oxygens (including phenoxy) is 1. The molecule has 0 spiro atoms. The molecule has 1 saturated carbocycles. The second-order valence-corrected chi connectivity index (χ2v) is 6.04. The van der Waals surface area contributed by atoms with E-state index in [-0.39, 0.29) is 0 Å². The number of likely N-dealkylation sites (tertiary alicyclic amines) is 1. The monoisotopic (exact) mass is 266 g/mol. The lowest BCUT2D eigenvalue weighted by atomic mass is 9.97. The Balaban J connectivity index is 0.000000861. The maximum atomic E-state index is 8.88. The molecule has 0 atom stereocenters. The standard InChI is InChI=1S/C14H24N2O.C2H6/c1-12(2)17-11-14(5-6-14)10-16-7-3-13(9-15)4-8-16;1-2/h12-13H,3-8,10-11H2,1-2H3;1-2H3. The third kappa shape index (κ3) is 5.50. The van der Waals surface area contributed by atoms with E-state index >= 15 is 0 Å². The van der Waals surface area contributed by atoms with Gasteiger partial charge in [0.2, 0.25) is 0 Å². The van der Waals surface area contributed by atoms with E-state index in [9.17, 15) is 0 Å². The van der Waals surface area contributed by atoms with Crippen LogP contribution in [0.25, 0.3) is 0 Å². The van der Waals surface area contributed by atoms with Gasteiger partial charge in [-0.2, -0.15) is 5.26 Å². The molecule has 0 aromatic heterocycles. The summed E-state index contributed by atoms with van der Waals surface area (Å²) in [5.41, 5.74) is 0.448. The van der Waals surface area contributed by atoms with E-state index in [1.54, 1.807) is 0 Å². The molecule has 2 rings (SSSR count). The normalized spacial score (nSPS) is 22.5. The fraction of sp³-hybridized carbons (Fsp3) is 0.938. The van der Waals surface area contributed by atoms with Gasteiger partial charge in [-0.1, -0.05) is 13.8 Å². The van der Waals surface area contributed by atoms with E-state index in [2.05, 4.69) is 24.8 Å². The summed E-state index contributed by atoms with van der Waals surface area (Å²) in [6, 6.07) is 2.39. The van der Waals surface area contributed by atoms with Crippen molar-refractivity contribution in [3.8, 4) is 6.07 Å². The average molecular weight is 266 g/mol. The molecule has 0 aromatic rings. The van der Waals surface area contributed by atoms with Gasteiger partial charge in [-0.05, 0) is 52.6 Å². The summed E-state index contributed by atoms with van der Waals surface area (Å²) in [4.78, 5) is 2.53. The Morgan fingerprint density at radius 2 is 1.84 bits per heavy atom. The molecular formula is C16H30N2O. The molecule has 0 aromatic carbocycles. The van der Waals surface area contributed by atoms with Gasteiger partial charge in [0.1, 0.15) is 0 Å². The van der Waals surface area contributed by atoms with E-state index in [4.69, 9.17) is 10.00 Å². The summed E-state index contributed by atoms with van der Waals surface area (Å²) in [6.07, 6.45) is 5.09. The fourth-order valence-electron chi connectivity index (χ4n) is 2.56. The maximum Gasteiger partial charge on any atom is 0.0656 e. The number of nitriles is 1. The van der Waals surface area contributed by atoms with Gasteiger partial charge in [0, 0.05) is 17.9 Å². The van der Waals surface area contributed by atoms with Crippen molar-refractivity contribution >= 4 is 0 Å². The molecule has 0 N–H and O–H groups in total. The lowest BCUT2D eigenvalue weighted by molar-refractivity contribution is 0.0276. The molecule has 1 saturated heterocycles. The van der Waals surface area contributed by atoms with Crippen LogP contribution in [0.2, 0.25) is 0 Å². The lowest BCUT2D eigenvalue weighted by Gasteiger charge is -2.32. The number of piperidine rings is 1. The molecule has 110 valence electrons.